The number of hydrogen-bond acceptors (Lipinski definition) is 5. The highest BCUT2D eigenvalue weighted by Gasteiger charge is 2.51. The minimum absolute atomic E-state index is 0.0418. The van der Waals surface area contributed by atoms with Crippen molar-refractivity contribution < 1.29 is 23.9 Å². The summed E-state index contributed by atoms with van der Waals surface area (Å²) in [5.74, 6) is -0.386. The molecule has 8 nitrogen and oxygen atoms in total. The van der Waals surface area contributed by atoms with E-state index in [9.17, 15) is 14.4 Å². The van der Waals surface area contributed by atoms with Crippen LogP contribution in [0.4, 0.5) is 10.5 Å². The van der Waals surface area contributed by atoms with Crippen LogP contribution < -0.4 is 15.4 Å². The quantitative estimate of drug-likeness (QED) is 0.600. The van der Waals surface area contributed by atoms with Crippen molar-refractivity contribution in [2.45, 2.75) is 44.8 Å². The number of anilines is 1. The smallest absolute Gasteiger partial charge is 0.325 e. The number of amides is 4. The van der Waals surface area contributed by atoms with Crippen LogP contribution in [0.15, 0.2) is 48.5 Å². The number of rotatable bonds is 8. The van der Waals surface area contributed by atoms with Crippen molar-refractivity contribution in [3.05, 3.63) is 59.7 Å². The van der Waals surface area contributed by atoms with Gasteiger partial charge in [0, 0.05) is 6.61 Å². The summed E-state index contributed by atoms with van der Waals surface area (Å²) in [5, 5.41) is 5.58. The van der Waals surface area contributed by atoms with Gasteiger partial charge in [0.15, 0.2) is 0 Å². The number of nitrogens with zero attached hydrogens (tertiary/aromatic N) is 1. The molecule has 0 aliphatic carbocycles. The highest BCUT2D eigenvalue weighted by atomic mass is 16.5. The molecule has 0 bridgehead atoms. The van der Waals surface area contributed by atoms with E-state index >= 15 is 0 Å². The first-order valence-electron chi connectivity index (χ1n) is 11.3. The third kappa shape index (κ3) is 4.71. The molecule has 2 aliphatic rings. The Hall–Kier alpha value is -3.39. The summed E-state index contributed by atoms with van der Waals surface area (Å²) in [4.78, 5) is 39.7. The summed E-state index contributed by atoms with van der Waals surface area (Å²) in [5.41, 5.74) is 0.996. The van der Waals surface area contributed by atoms with E-state index in [1.165, 1.54) is 0 Å². The first kappa shape index (κ1) is 22.8. The van der Waals surface area contributed by atoms with Crippen molar-refractivity contribution in [3.63, 3.8) is 0 Å². The average molecular weight is 452 g/mol. The molecule has 0 spiro atoms. The number of hydrogen-bond donors (Lipinski definition) is 2. The second kappa shape index (κ2) is 9.62. The minimum atomic E-state index is -1.17. The zero-order valence-corrected chi connectivity index (χ0v) is 18.9. The lowest BCUT2D eigenvalue weighted by Gasteiger charge is -2.25. The Bertz CT molecular complexity index is 1040. The maximum Gasteiger partial charge on any atom is 0.325 e. The van der Waals surface area contributed by atoms with Gasteiger partial charge in [-0.2, -0.15) is 0 Å². The Morgan fingerprint density at radius 1 is 1.24 bits per heavy atom. The zero-order chi connectivity index (χ0) is 23.4. The number of nitrogens with one attached hydrogen (secondary N) is 2. The van der Waals surface area contributed by atoms with Crippen LogP contribution in [-0.2, 0) is 19.9 Å². The van der Waals surface area contributed by atoms with Crippen LogP contribution in [0.3, 0.4) is 0 Å². The summed E-state index contributed by atoms with van der Waals surface area (Å²) < 4.78 is 11.5. The van der Waals surface area contributed by atoms with E-state index in [2.05, 4.69) is 10.6 Å². The average Bonchev–Trinajstić information content (AvgIpc) is 3.42. The lowest BCUT2D eigenvalue weighted by Crippen LogP contribution is -2.44. The van der Waals surface area contributed by atoms with E-state index in [0.29, 0.717) is 30.0 Å². The van der Waals surface area contributed by atoms with Crippen molar-refractivity contribution in [1.82, 2.24) is 10.2 Å². The van der Waals surface area contributed by atoms with Crippen LogP contribution in [0, 0.1) is 6.92 Å². The van der Waals surface area contributed by atoms with Crippen molar-refractivity contribution >= 4 is 23.5 Å². The van der Waals surface area contributed by atoms with Gasteiger partial charge >= 0.3 is 6.03 Å². The van der Waals surface area contributed by atoms with Gasteiger partial charge in [-0.3, -0.25) is 14.5 Å². The summed E-state index contributed by atoms with van der Waals surface area (Å²) in [7, 11) is 0. The third-order valence-electron chi connectivity index (χ3n) is 6.13. The molecule has 2 N–H and O–H groups in total. The van der Waals surface area contributed by atoms with Crippen LogP contribution in [0.2, 0.25) is 0 Å². The largest absolute Gasteiger partial charge is 0.489 e. The SMILES string of the molecule is CCC1(c2ccccc2)NC(=O)N(CC(=O)Nc2ccc(C)cc2OCC2CCCO2)C1=O. The van der Waals surface area contributed by atoms with E-state index < -0.39 is 29.9 Å². The van der Waals surface area contributed by atoms with Crippen molar-refractivity contribution in [2.24, 2.45) is 0 Å². The number of urea groups is 1. The number of benzene rings is 2. The van der Waals surface area contributed by atoms with Gasteiger partial charge in [-0.25, -0.2) is 4.79 Å². The molecule has 4 rings (SSSR count). The fraction of sp³-hybridized carbons (Fsp3) is 0.400. The molecule has 174 valence electrons. The van der Waals surface area contributed by atoms with Gasteiger partial charge in [0.2, 0.25) is 5.91 Å². The van der Waals surface area contributed by atoms with Crippen molar-refractivity contribution in [2.75, 3.05) is 25.1 Å². The second-order valence-corrected chi connectivity index (χ2v) is 8.44. The molecule has 2 atom stereocenters. The Morgan fingerprint density at radius 3 is 2.73 bits per heavy atom. The predicted octanol–water partition coefficient (Wildman–Crippen LogP) is 3.35. The van der Waals surface area contributed by atoms with Gasteiger partial charge < -0.3 is 20.1 Å². The van der Waals surface area contributed by atoms with E-state index in [4.69, 9.17) is 9.47 Å². The molecule has 2 fully saturated rings. The molecule has 2 aromatic carbocycles. The zero-order valence-electron chi connectivity index (χ0n) is 18.9. The highest BCUT2D eigenvalue weighted by Crippen LogP contribution is 2.32. The van der Waals surface area contributed by atoms with Gasteiger partial charge in [-0.15, -0.1) is 0 Å². The molecule has 2 unspecified atom stereocenters. The monoisotopic (exact) mass is 451 g/mol. The van der Waals surface area contributed by atoms with Gasteiger partial charge in [-0.1, -0.05) is 43.3 Å². The number of ether oxygens (including phenoxy) is 2. The Labute approximate surface area is 193 Å². The molecular formula is C25H29N3O5. The molecule has 0 saturated carbocycles. The first-order valence-corrected chi connectivity index (χ1v) is 11.3. The lowest BCUT2D eigenvalue weighted by molar-refractivity contribution is -0.134. The summed E-state index contributed by atoms with van der Waals surface area (Å²) in [6.45, 7) is 4.51. The topological polar surface area (TPSA) is 97.0 Å². The van der Waals surface area contributed by atoms with E-state index in [1.54, 1.807) is 18.2 Å². The number of imide groups is 1. The molecule has 33 heavy (non-hydrogen) atoms. The molecule has 8 heteroatoms. The molecule has 2 aromatic rings. The van der Waals surface area contributed by atoms with Gasteiger partial charge in [0.25, 0.3) is 5.91 Å². The van der Waals surface area contributed by atoms with Gasteiger partial charge in [0.1, 0.15) is 24.4 Å². The first-order chi connectivity index (χ1) is 15.9. The van der Waals surface area contributed by atoms with E-state index in [-0.39, 0.29) is 6.10 Å². The maximum absolute atomic E-state index is 13.2. The molecule has 4 amide bonds. The Balaban J connectivity index is 1.45. The molecule has 0 radical (unpaired) electrons. The molecular weight excluding hydrogens is 422 g/mol. The van der Waals surface area contributed by atoms with Crippen LogP contribution in [0.1, 0.15) is 37.3 Å². The third-order valence-corrected chi connectivity index (χ3v) is 6.13. The fourth-order valence-corrected chi connectivity index (χ4v) is 4.28. The second-order valence-electron chi connectivity index (χ2n) is 8.44. The van der Waals surface area contributed by atoms with Crippen LogP contribution in [-0.4, -0.2) is 48.6 Å². The molecule has 2 aliphatic heterocycles. The molecule has 0 aromatic heterocycles. The van der Waals surface area contributed by atoms with E-state index in [1.807, 2.05) is 44.2 Å². The van der Waals surface area contributed by atoms with Crippen molar-refractivity contribution in [1.29, 1.82) is 0 Å². The number of carbonyl (C=O) groups excluding carboxylic acids is 3. The lowest BCUT2D eigenvalue weighted by atomic mass is 9.87. The molecule has 2 saturated heterocycles. The fourth-order valence-electron chi connectivity index (χ4n) is 4.28. The Kier molecular flexibility index (Phi) is 6.65. The summed E-state index contributed by atoms with van der Waals surface area (Å²) >= 11 is 0. The van der Waals surface area contributed by atoms with Gasteiger partial charge in [0.05, 0.1) is 11.8 Å². The van der Waals surface area contributed by atoms with Crippen LogP contribution in [0.25, 0.3) is 0 Å². The highest BCUT2D eigenvalue weighted by molar-refractivity contribution is 6.10. The minimum Gasteiger partial charge on any atom is -0.489 e. The van der Waals surface area contributed by atoms with Gasteiger partial charge in [-0.05, 0) is 49.4 Å². The van der Waals surface area contributed by atoms with Crippen molar-refractivity contribution in [3.8, 4) is 5.75 Å². The van der Waals surface area contributed by atoms with Crippen LogP contribution in [0.5, 0.6) is 5.75 Å². The standard InChI is InChI=1S/C25H29N3O5/c1-3-25(18-8-5-4-6-9-18)23(30)28(24(31)27-25)15-22(29)26-20-12-11-17(2)14-21(20)33-16-19-10-7-13-32-19/h4-6,8-9,11-12,14,19H,3,7,10,13,15-16H2,1-2H3,(H,26,29)(H,27,31). The van der Waals surface area contributed by atoms with Crippen LogP contribution >= 0.6 is 0 Å². The maximum atomic E-state index is 13.2. The normalized spacial score (nSPS) is 22.4. The summed E-state index contributed by atoms with van der Waals surface area (Å²) in [6, 6.07) is 14.0. The molecule has 2 heterocycles. The number of aryl methyl sites for hydroxylation is 1. The summed E-state index contributed by atoms with van der Waals surface area (Å²) in [6.07, 6.45) is 2.37. The predicted molar refractivity (Wildman–Crippen MR) is 123 cm³/mol. The number of carbonyl (C=O) groups is 3. The van der Waals surface area contributed by atoms with E-state index in [0.717, 1.165) is 29.9 Å². The Morgan fingerprint density at radius 2 is 2.03 bits per heavy atom.